The summed E-state index contributed by atoms with van der Waals surface area (Å²) in [5.41, 5.74) is 3.15. The molecular formula is C18H24N4O2. The number of rotatable bonds is 5. The number of nitrogens with zero attached hydrogens (tertiary/aromatic N) is 4. The van der Waals surface area contributed by atoms with E-state index < -0.39 is 0 Å². The molecule has 3 heterocycles. The summed E-state index contributed by atoms with van der Waals surface area (Å²) in [6.07, 6.45) is 6.47. The van der Waals surface area contributed by atoms with E-state index in [2.05, 4.69) is 9.78 Å². The maximum Gasteiger partial charge on any atom is 0.270 e. The largest absolute Gasteiger partial charge is 0.384 e. The lowest BCUT2D eigenvalue weighted by molar-refractivity contribution is 0.0664. The third-order valence-electron chi connectivity index (χ3n) is 5.15. The number of fused-ring (bicyclic) bond motifs is 1. The van der Waals surface area contributed by atoms with Gasteiger partial charge in [0.05, 0.1) is 25.0 Å². The van der Waals surface area contributed by atoms with E-state index in [-0.39, 0.29) is 11.8 Å². The Morgan fingerprint density at radius 3 is 2.92 bits per heavy atom. The van der Waals surface area contributed by atoms with Gasteiger partial charge >= 0.3 is 0 Å². The normalized spacial score (nSPS) is 20.2. The van der Waals surface area contributed by atoms with E-state index >= 15 is 0 Å². The Morgan fingerprint density at radius 2 is 2.25 bits per heavy atom. The smallest absolute Gasteiger partial charge is 0.270 e. The molecule has 1 amide bonds. The fourth-order valence-electron chi connectivity index (χ4n) is 3.59. The average Bonchev–Trinajstić information content (AvgIpc) is 3.14. The number of aryl methyl sites for hydroxylation is 1. The van der Waals surface area contributed by atoms with E-state index in [0.717, 1.165) is 18.2 Å². The molecular weight excluding hydrogens is 304 g/mol. The summed E-state index contributed by atoms with van der Waals surface area (Å²) < 4.78 is 9.39. The van der Waals surface area contributed by atoms with Crippen LogP contribution in [0.15, 0.2) is 24.5 Å². The molecule has 1 atom stereocenters. The molecule has 0 bridgehead atoms. The predicted octanol–water partition coefficient (Wildman–Crippen LogP) is 2.02. The van der Waals surface area contributed by atoms with Crippen molar-refractivity contribution in [2.24, 2.45) is 13.0 Å². The summed E-state index contributed by atoms with van der Waals surface area (Å²) in [4.78, 5) is 14.9. The first-order valence-corrected chi connectivity index (χ1v) is 8.61. The van der Waals surface area contributed by atoms with Crippen LogP contribution in [-0.4, -0.2) is 45.4 Å². The van der Waals surface area contributed by atoms with Crippen molar-refractivity contribution in [2.75, 3.05) is 20.3 Å². The zero-order chi connectivity index (χ0) is 16.7. The Balaban J connectivity index is 1.63. The number of carbonyl (C=O) groups excluding carboxylic acids is 1. The van der Waals surface area contributed by atoms with Crippen molar-refractivity contribution < 1.29 is 9.53 Å². The van der Waals surface area contributed by atoms with Crippen LogP contribution in [0, 0.1) is 5.92 Å². The number of amides is 1. The Hall–Kier alpha value is -2.08. The van der Waals surface area contributed by atoms with Gasteiger partial charge in [-0.3, -0.25) is 9.48 Å². The fraction of sp³-hybridized carbons (Fsp3) is 0.556. The second-order valence-electron chi connectivity index (χ2n) is 7.01. The number of carbonyl (C=O) groups is 1. The van der Waals surface area contributed by atoms with Crippen LogP contribution in [0.25, 0.3) is 0 Å². The van der Waals surface area contributed by atoms with Gasteiger partial charge in [0, 0.05) is 44.9 Å². The monoisotopic (exact) mass is 328 g/mol. The maximum atomic E-state index is 12.9. The van der Waals surface area contributed by atoms with Gasteiger partial charge in [-0.15, -0.1) is 0 Å². The second-order valence-corrected chi connectivity index (χ2v) is 7.01. The quantitative estimate of drug-likeness (QED) is 0.844. The molecule has 0 spiro atoms. The molecule has 6 nitrogen and oxygen atoms in total. The minimum absolute atomic E-state index is 0.0772. The Kier molecular flexibility index (Phi) is 3.92. The van der Waals surface area contributed by atoms with E-state index in [1.807, 2.05) is 41.0 Å². The number of hydrogen-bond acceptors (Lipinski definition) is 3. The number of ether oxygens (including phenoxy) is 1. The van der Waals surface area contributed by atoms with E-state index in [4.69, 9.17) is 4.74 Å². The first-order valence-electron chi connectivity index (χ1n) is 8.61. The van der Waals surface area contributed by atoms with Crippen LogP contribution in [0.1, 0.15) is 40.5 Å². The first kappa shape index (κ1) is 15.4. The van der Waals surface area contributed by atoms with Gasteiger partial charge in [-0.1, -0.05) is 0 Å². The van der Waals surface area contributed by atoms with Gasteiger partial charge in [0.2, 0.25) is 0 Å². The highest BCUT2D eigenvalue weighted by Crippen LogP contribution is 2.34. The third-order valence-corrected chi connectivity index (χ3v) is 5.15. The highest BCUT2D eigenvalue weighted by molar-refractivity contribution is 5.93. The van der Waals surface area contributed by atoms with Crippen molar-refractivity contribution in [3.05, 3.63) is 41.5 Å². The lowest BCUT2D eigenvalue weighted by Gasteiger charge is -2.33. The summed E-state index contributed by atoms with van der Waals surface area (Å²) >= 11 is 0. The Bertz CT molecular complexity index is 744. The fourth-order valence-corrected chi connectivity index (χ4v) is 3.59. The molecule has 0 N–H and O–H groups in total. The van der Waals surface area contributed by atoms with Crippen LogP contribution in [0.5, 0.6) is 0 Å². The molecule has 2 aromatic heterocycles. The third kappa shape index (κ3) is 2.75. The molecule has 24 heavy (non-hydrogen) atoms. The summed E-state index contributed by atoms with van der Waals surface area (Å²) in [6, 6.07) is 3.79. The molecule has 0 aromatic carbocycles. The van der Waals surface area contributed by atoms with Crippen molar-refractivity contribution in [2.45, 2.75) is 31.8 Å². The van der Waals surface area contributed by atoms with Crippen molar-refractivity contribution >= 4 is 5.91 Å². The van der Waals surface area contributed by atoms with Crippen molar-refractivity contribution in [1.29, 1.82) is 0 Å². The van der Waals surface area contributed by atoms with E-state index in [1.54, 1.807) is 7.11 Å². The van der Waals surface area contributed by atoms with Crippen molar-refractivity contribution in [3.8, 4) is 0 Å². The zero-order valence-electron chi connectivity index (χ0n) is 14.3. The number of aromatic nitrogens is 3. The van der Waals surface area contributed by atoms with E-state index in [9.17, 15) is 4.79 Å². The van der Waals surface area contributed by atoms with Crippen LogP contribution >= 0.6 is 0 Å². The maximum absolute atomic E-state index is 12.9. The van der Waals surface area contributed by atoms with Gasteiger partial charge in [-0.2, -0.15) is 5.10 Å². The lowest BCUT2D eigenvalue weighted by Crippen LogP contribution is -2.40. The van der Waals surface area contributed by atoms with Gasteiger partial charge in [-0.05, 0) is 30.9 Å². The topological polar surface area (TPSA) is 52.3 Å². The van der Waals surface area contributed by atoms with Crippen LogP contribution in [0.4, 0.5) is 0 Å². The van der Waals surface area contributed by atoms with Crippen LogP contribution in [0.2, 0.25) is 0 Å². The van der Waals surface area contributed by atoms with E-state index in [0.29, 0.717) is 19.7 Å². The van der Waals surface area contributed by atoms with Crippen LogP contribution in [0.3, 0.4) is 0 Å². The molecule has 128 valence electrons. The minimum atomic E-state index is 0.0772. The Labute approximate surface area is 142 Å². The SMILES string of the molecule is COCC1CN(C(=O)c2cccn2C)Cc2c1cnn2CC1CC1. The van der Waals surface area contributed by atoms with E-state index in [1.165, 1.54) is 24.1 Å². The molecule has 2 aliphatic rings. The number of hydrogen-bond donors (Lipinski definition) is 0. The second kappa shape index (κ2) is 6.09. The average molecular weight is 328 g/mol. The molecule has 0 saturated heterocycles. The first-order chi connectivity index (χ1) is 11.7. The molecule has 2 aromatic rings. The highest BCUT2D eigenvalue weighted by Gasteiger charge is 2.33. The van der Waals surface area contributed by atoms with Gasteiger partial charge < -0.3 is 14.2 Å². The van der Waals surface area contributed by atoms with Crippen molar-refractivity contribution in [1.82, 2.24) is 19.2 Å². The lowest BCUT2D eigenvalue weighted by atomic mass is 9.95. The molecule has 4 rings (SSSR count). The van der Waals surface area contributed by atoms with Gasteiger partial charge in [0.1, 0.15) is 5.69 Å². The van der Waals surface area contributed by atoms with Crippen molar-refractivity contribution in [3.63, 3.8) is 0 Å². The summed E-state index contributed by atoms with van der Waals surface area (Å²) in [5.74, 6) is 1.03. The molecule has 1 fully saturated rings. The minimum Gasteiger partial charge on any atom is -0.384 e. The molecule has 1 unspecified atom stereocenters. The molecule has 1 saturated carbocycles. The summed E-state index contributed by atoms with van der Waals surface area (Å²) in [5, 5.41) is 4.60. The summed E-state index contributed by atoms with van der Waals surface area (Å²) in [7, 11) is 3.62. The van der Waals surface area contributed by atoms with Gasteiger partial charge in [0.25, 0.3) is 5.91 Å². The zero-order valence-corrected chi connectivity index (χ0v) is 14.3. The highest BCUT2D eigenvalue weighted by atomic mass is 16.5. The predicted molar refractivity (Wildman–Crippen MR) is 89.7 cm³/mol. The Morgan fingerprint density at radius 1 is 1.42 bits per heavy atom. The van der Waals surface area contributed by atoms with Crippen LogP contribution < -0.4 is 0 Å². The standard InChI is InChI=1S/C18H24N4O2/c1-20-7-3-4-16(20)18(23)21-10-14(12-24-2)15-8-19-22(17(15)11-21)9-13-5-6-13/h3-4,7-8,13-14H,5-6,9-12H2,1-2H3. The molecule has 1 aliphatic carbocycles. The summed E-state index contributed by atoms with van der Waals surface area (Å²) in [6.45, 7) is 2.90. The van der Waals surface area contributed by atoms with Gasteiger partial charge in [0.15, 0.2) is 0 Å². The molecule has 1 aliphatic heterocycles. The number of methoxy groups -OCH3 is 1. The van der Waals surface area contributed by atoms with Gasteiger partial charge in [-0.25, -0.2) is 0 Å². The molecule has 6 heteroatoms. The molecule has 0 radical (unpaired) electrons. The van der Waals surface area contributed by atoms with Crippen LogP contribution in [-0.2, 0) is 24.9 Å².